The van der Waals surface area contributed by atoms with Crippen molar-refractivity contribution in [3.05, 3.63) is 30.3 Å². The molecule has 1 aromatic carbocycles. The Hall–Kier alpha value is -1.02. The number of ether oxygens (including phenoxy) is 1. The molecule has 0 heterocycles. The molecule has 1 atom stereocenters. The molecule has 0 spiro atoms. The fourth-order valence-electron chi connectivity index (χ4n) is 1.22. The Morgan fingerprint density at radius 2 is 1.79 bits per heavy atom. The number of para-hydroxylation sites is 1. The summed E-state index contributed by atoms with van der Waals surface area (Å²) in [5.41, 5.74) is -0.221. The van der Waals surface area contributed by atoms with Crippen molar-refractivity contribution in [1.82, 2.24) is 4.90 Å². The van der Waals surface area contributed by atoms with E-state index in [1.54, 1.807) is 0 Å². The minimum Gasteiger partial charge on any atom is -0.473 e. The Balaban J connectivity index is 2.76. The summed E-state index contributed by atoms with van der Waals surface area (Å²) in [5, 5.41) is 0. The zero-order chi connectivity index (χ0) is 10.6. The molecule has 78 valence electrons. The molecule has 1 unspecified atom stereocenters. The summed E-state index contributed by atoms with van der Waals surface area (Å²) in [6, 6.07) is 9.93. The number of rotatable bonds is 4. The first kappa shape index (κ1) is 11.1. The molecule has 0 bridgehead atoms. The van der Waals surface area contributed by atoms with Crippen LogP contribution in [0.25, 0.3) is 0 Å². The van der Waals surface area contributed by atoms with Crippen LogP contribution < -0.4 is 4.74 Å². The third kappa shape index (κ3) is 2.48. The predicted octanol–water partition coefficient (Wildman–Crippen LogP) is 2.75. The Bertz CT molecular complexity index is 271. The fraction of sp³-hybridized carbons (Fsp3) is 0.500. The molecule has 0 aliphatic rings. The predicted molar refractivity (Wildman–Crippen MR) is 59.5 cm³/mol. The lowest BCUT2D eigenvalue weighted by Crippen LogP contribution is -2.46. The van der Waals surface area contributed by atoms with Crippen molar-refractivity contribution in [2.24, 2.45) is 0 Å². The summed E-state index contributed by atoms with van der Waals surface area (Å²) < 4.78 is 5.94. The van der Waals surface area contributed by atoms with Crippen molar-refractivity contribution in [3.8, 4) is 5.75 Å². The zero-order valence-corrected chi connectivity index (χ0v) is 9.45. The maximum Gasteiger partial charge on any atom is 0.159 e. The summed E-state index contributed by atoms with van der Waals surface area (Å²) in [5.74, 6) is 0.922. The van der Waals surface area contributed by atoms with Gasteiger partial charge < -0.3 is 4.74 Å². The van der Waals surface area contributed by atoms with Crippen LogP contribution in [0, 0.1) is 0 Å². The molecule has 0 saturated carbocycles. The van der Waals surface area contributed by atoms with Gasteiger partial charge in [0.2, 0.25) is 0 Å². The van der Waals surface area contributed by atoms with Crippen LogP contribution in [-0.4, -0.2) is 24.7 Å². The smallest absolute Gasteiger partial charge is 0.159 e. The number of benzene rings is 1. The number of nitrogens with zero attached hydrogens (tertiary/aromatic N) is 1. The van der Waals surface area contributed by atoms with Gasteiger partial charge in [-0.25, -0.2) is 0 Å². The van der Waals surface area contributed by atoms with Crippen LogP contribution in [0.2, 0.25) is 0 Å². The number of hydrogen-bond donors (Lipinski definition) is 0. The lowest BCUT2D eigenvalue weighted by molar-refractivity contribution is -0.0437. The molecule has 2 heteroatoms. The fourth-order valence-corrected chi connectivity index (χ4v) is 1.22. The van der Waals surface area contributed by atoms with Gasteiger partial charge in [0.25, 0.3) is 0 Å². The second-order valence-corrected chi connectivity index (χ2v) is 3.84. The quantitative estimate of drug-likeness (QED) is 0.682. The highest BCUT2D eigenvalue weighted by molar-refractivity contribution is 5.21. The van der Waals surface area contributed by atoms with E-state index in [1.165, 1.54) is 0 Å². The van der Waals surface area contributed by atoms with E-state index in [1.807, 2.05) is 44.4 Å². The van der Waals surface area contributed by atoms with Gasteiger partial charge in [-0.3, -0.25) is 4.90 Å². The van der Waals surface area contributed by atoms with E-state index in [0.29, 0.717) is 0 Å². The molecule has 14 heavy (non-hydrogen) atoms. The van der Waals surface area contributed by atoms with Gasteiger partial charge in [-0.2, -0.15) is 0 Å². The second-order valence-electron chi connectivity index (χ2n) is 3.84. The largest absolute Gasteiger partial charge is 0.473 e. The van der Waals surface area contributed by atoms with Crippen molar-refractivity contribution in [3.63, 3.8) is 0 Å². The molecule has 0 N–H and O–H groups in total. The highest BCUT2D eigenvalue weighted by Gasteiger charge is 2.26. The normalized spacial score (nSPS) is 15.2. The first-order valence-electron chi connectivity index (χ1n) is 5.00. The highest BCUT2D eigenvalue weighted by Crippen LogP contribution is 2.22. The zero-order valence-electron chi connectivity index (χ0n) is 9.45. The Kier molecular flexibility index (Phi) is 3.53. The minimum atomic E-state index is -0.221. The number of hydrogen-bond acceptors (Lipinski definition) is 2. The standard InChI is InChI=1S/C12H19NO/c1-5-12(2,13(3)4)14-11-9-7-6-8-10-11/h6-10H,5H2,1-4H3. The van der Waals surface area contributed by atoms with Crippen LogP contribution in [0.15, 0.2) is 30.3 Å². The van der Waals surface area contributed by atoms with Crippen molar-refractivity contribution >= 4 is 0 Å². The van der Waals surface area contributed by atoms with E-state index in [2.05, 4.69) is 18.7 Å². The molecule has 0 aliphatic heterocycles. The van der Waals surface area contributed by atoms with Gasteiger partial charge in [0, 0.05) is 0 Å². The van der Waals surface area contributed by atoms with Crippen molar-refractivity contribution in [2.75, 3.05) is 14.1 Å². The molecule has 0 aromatic heterocycles. The summed E-state index contributed by atoms with van der Waals surface area (Å²) in [4.78, 5) is 2.10. The average Bonchev–Trinajstić information content (AvgIpc) is 2.19. The van der Waals surface area contributed by atoms with Gasteiger partial charge in [0.1, 0.15) is 5.75 Å². The lowest BCUT2D eigenvalue weighted by atomic mass is 10.1. The SMILES string of the molecule is CCC(C)(Oc1ccccc1)N(C)C. The minimum absolute atomic E-state index is 0.221. The van der Waals surface area contributed by atoms with Crippen molar-refractivity contribution in [1.29, 1.82) is 0 Å². The van der Waals surface area contributed by atoms with Crippen LogP contribution in [0.1, 0.15) is 20.3 Å². The van der Waals surface area contributed by atoms with Crippen molar-refractivity contribution in [2.45, 2.75) is 26.0 Å². The van der Waals surface area contributed by atoms with E-state index in [-0.39, 0.29) is 5.72 Å². The Labute approximate surface area is 86.5 Å². The summed E-state index contributed by atoms with van der Waals surface area (Å²) in [6.45, 7) is 4.23. The third-order valence-electron chi connectivity index (χ3n) is 2.68. The van der Waals surface area contributed by atoms with Gasteiger partial charge in [-0.15, -0.1) is 0 Å². The molecule has 0 fully saturated rings. The van der Waals surface area contributed by atoms with Crippen LogP contribution in [0.5, 0.6) is 5.75 Å². The summed E-state index contributed by atoms with van der Waals surface area (Å²) in [7, 11) is 4.07. The molecule has 1 rings (SSSR count). The van der Waals surface area contributed by atoms with Gasteiger partial charge in [0.05, 0.1) is 0 Å². The average molecular weight is 193 g/mol. The summed E-state index contributed by atoms with van der Waals surface area (Å²) >= 11 is 0. The van der Waals surface area contributed by atoms with Crippen LogP contribution in [-0.2, 0) is 0 Å². The van der Waals surface area contributed by atoms with Gasteiger partial charge in [-0.1, -0.05) is 25.1 Å². The molecular weight excluding hydrogens is 174 g/mol. The molecule has 0 amide bonds. The van der Waals surface area contributed by atoms with E-state index >= 15 is 0 Å². The van der Waals surface area contributed by atoms with Gasteiger partial charge >= 0.3 is 0 Å². The maximum atomic E-state index is 5.94. The molecule has 2 nitrogen and oxygen atoms in total. The molecule has 0 radical (unpaired) electrons. The van der Waals surface area contributed by atoms with Crippen molar-refractivity contribution < 1.29 is 4.74 Å². The van der Waals surface area contributed by atoms with Crippen LogP contribution >= 0.6 is 0 Å². The van der Waals surface area contributed by atoms with Crippen LogP contribution in [0.3, 0.4) is 0 Å². The molecule has 0 saturated heterocycles. The highest BCUT2D eigenvalue weighted by atomic mass is 16.5. The Morgan fingerprint density at radius 3 is 2.21 bits per heavy atom. The molecule has 0 aliphatic carbocycles. The lowest BCUT2D eigenvalue weighted by Gasteiger charge is -2.35. The Morgan fingerprint density at radius 1 is 1.21 bits per heavy atom. The first-order chi connectivity index (χ1) is 6.58. The van der Waals surface area contributed by atoms with E-state index < -0.39 is 0 Å². The van der Waals surface area contributed by atoms with E-state index in [0.717, 1.165) is 12.2 Å². The van der Waals surface area contributed by atoms with Gasteiger partial charge in [0.15, 0.2) is 5.72 Å². The second kappa shape index (κ2) is 4.47. The van der Waals surface area contributed by atoms with Gasteiger partial charge in [-0.05, 0) is 39.6 Å². The topological polar surface area (TPSA) is 12.5 Å². The third-order valence-corrected chi connectivity index (χ3v) is 2.68. The first-order valence-corrected chi connectivity index (χ1v) is 5.00. The van der Waals surface area contributed by atoms with Crippen LogP contribution in [0.4, 0.5) is 0 Å². The molecular formula is C12H19NO. The monoisotopic (exact) mass is 193 g/mol. The maximum absolute atomic E-state index is 5.94. The summed E-state index contributed by atoms with van der Waals surface area (Å²) in [6.07, 6.45) is 0.953. The van der Waals surface area contributed by atoms with E-state index in [4.69, 9.17) is 4.74 Å². The van der Waals surface area contributed by atoms with E-state index in [9.17, 15) is 0 Å². The molecule has 1 aromatic rings.